The van der Waals surface area contributed by atoms with E-state index in [1.807, 2.05) is 12.1 Å². The van der Waals surface area contributed by atoms with Gasteiger partial charge >= 0.3 is 0 Å². The van der Waals surface area contributed by atoms with Gasteiger partial charge in [-0.1, -0.05) is 6.92 Å². The van der Waals surface area contributed by atoms with Crippen LogP contribution in [-0.4, -0.2) is 67.4 Å². The average Bonchev–Trinajstić information content (AvgIpc) is 2.62. The van der Waals surface area contributed by atoms with Crippen LogP contribution in [0.3, 0.4) is 0 Å². The number of hydrogen-bond donors (Lipinski definition) is 0. The molecular weight excluding hydrogens is 286 g/mol. The van der Waals surface area contributed by atoms with Gasteiger partial charge in [0.2, 0.25) is 0 Å². The van der Waals surface area contributed by atoms with Crippen molar-refractivity contribution in [2.24, 2.45) is 0 Å². The number of piperidine rings is 1. The molecule has 3 rings (SSSR count). The molecule has 2 fully saturated rings. The SMILES string of the molecule is CCN1CCC(N2CCN(c3ccc(C(C)=O)cc3)CC2)CC1. The van der Waals surface area contributed by atoms with E-state index in [1.54, 1.807) is 6.92 Å². The summed E-state index contributed by atoms with van der Waals surface area (Å²) in [4.78, 5) is 19.1. The molecule has 0 N–H and O–H groups in total. The Balaban J connectivity index is 1.51. The summed E-state index contributed by atoms with van der Waals surface area (Å²) in [5, 5.41) is 0. The predicted octanol–water partition coefficient (Wildman–Crippen LogP) is 2.50. The minimum absolute atomic E-state index is 0.139. The topological polar surface area (TPSA) is 26.8 Å². The lowest BCUT2D eigenvalue weighted by atomic mass is 10.0. The third-order valence-electron chi connectivity index (χ3n) is 5.47. The van der Waals surface area contributed by atoms with Crippen molar-refractivity contribution in [3.05, 3.63) is 29.8 Å². The first-order valence-corrected chi connectivity index (χ1v) is 8.99. The van der Waals surface area contributed by atoms with Crippen LogP contribution >= 0.6 is 0 Å². The maximum Gasteiger partial charge on any atom is 0.159 e. The Morgan fingerprint density at radius 2 is 1.61 bits per heavy atom. The summed E-state index contributed by atoms with van der Waals surface area (Å²) in [7, 11) is 0. The minimum Gasteiger partial charge on any atom is -0.369 e. The highest BCUT2D eigenvalue weighted by Crippen LogP contribution is 2.21. The monoisotopic (exact) mass is 315 g/mol. The summed E-state index contributed by atoms with van der Waals surface area (Å²) in [6.45, 7) is 12.1. The molecule has 2 aliphatic heterocycles. The van der Waals surface area contributed by atoms with Crippen LogP contribution in [0, 0.1) is 0 Å². The zero-order valence-electron chi connectivity index (χ0n) is 14.5. The van der Waals surface area contributed by atoms with Crippen molar-refractivity contribution in [2.45, 2.75) is 32.7 Å². The first kappa shape index (κ1) is 16.5. The fourth-order valence-electron chi connectivity index (χ4n) is 3.85. The molecule has 0 spiro atoms. The summed E-state index contributed by atoms with van der Waals surface area (Å²) < 4.78 is 0. The second-order valence-corrected chi connectivity index (χ2v) is 6.79. The number of likely N-dealkylation sites (tertiary alicyclic amines) is 1. The van der Waals surface area contributed by atoms with E-state index < -0.39 is 0 Å². The van der Waals surface area contributed by atoms with Crippen LogP contribution in [0.15, 0.2) is 24.3 Å². The average molecular weight is 315 g/mol. The zero-order chi connectivity index (χ0) is 16.2. The predicted molar refractivity (Wildman–Crippen MR) is 95.4 cm³/mol. The molecule has 2 aliphatic rings. The van der Waals surface area contributed by atoms with Crippen LogP contribution in [0.4, 0.5) is 5.69 Å². The van der Waals surface area contributed by atoms with Gasteiger partial charge in [-0.25, -0.2) is 0 Å². The van der Waals surface area contributed by atoms with Crippen LogP contribution in [0.2, 0.25) is 0 Å². The Labute approximate surface area is 140 Å². The molecule has 0 amide bonds. The third-order valence-corrected chi connectivity index (χ3v) is 5.47. The molecule has 4 nitrogen and oxygen atoms in total. The number of nitrogens with zero attached hydrogens (tertiary/aromatic N) is 3. The molecule has 1 aromatic carbocycles. The normalized spacial score (nSPS) is 21.6. The molecular formula is C19H29N3O. The van der Waals surface area contributed by atoms with Gasteiger partial charge < -0.3 is 9.80 Å². The summed E-state index contributed by atoms with van der Waals surface area (Å²) in [5.74, 6) is 0.139. The van der Waals surface area contributed by atoms with Gasteiger partial charge in [-0.15, -0.1) is 0 Å². The van der Waals surface area contributed by atoms with E-state index in [0.29, 0.717) is 0 Å². The second-order valence-electron chi connectivity index (χ2n) is 6.79. The highest BCUT2D eigenvalue weighted by molar-refractivity contribution is 5.94. The van der Waals surface area contributed by atoms with E-state index >= 15 is 0 Å². The van der Waals surface area contributed by atoms with Crippen molar-refractivity contribution in [3.63, 3.8) is 0 Å². The van der Waals surface area contributed by atoms with Crippen LogP contribution in [-0.2, 0) is 0 Å². The number of piperazine rings is 1. The number of rotatable bonds is 4. The fourth-order valence-corrected chi connectivity index (χ4v) is 3.85. The maximum absolute atomic E-state index is 11.4. The summed E-state index contributed by atoms with van der Waals surface area (Å²) in [6, 6.07) is 8.85. The molecule has 0 atom stereocenters. The highest BCUT2D eigenvalue weighted by Gasteiger charge is 2.27. The molecule has 2 saturated heterocycles. The van der Waals surface area contributed by atoms with E-state index in [0.717, 1.165) is 37.8 Å². The first-order chi connectivity index (χ1) is 11.2. The molecule has 23 heavy (non-hydrogen) atoms. The molecule has 2 heterocycles. The van der Waals surface area contributed by atoms with Gasteiger partial charge in [0.25, 0.3) is 0 Å². The van der Waals surface area contributed by atoms with Crippen LogP contribution in [0.1, 0.15) is 37.0 Å². The minimum atomic E-state index is 0.139. The highest BCUT2D eigenvalue weighted by atomic mass is 16.1. The number of hydrogen-bond acceptors (Lipinski definition) is 4. The number of anilines is 1. The second kappa shape index (κ2) is 7.45. The Kier molecular flexibility index (Phi) is 5.34. The van der Waals surface area contributed by atoms with Crippen LogP contribution in [0.25, 0.3) is 0 Å². The number of Topliss-reactive ketones (excluding diaryl/α,β-unsaturated/α-hetero) is 1. The smallest absolute Gasteiger partial charge is 0.159 e. The van der Waals surface area contributed by atoms with Crippen molar-refractivity contribution < 1.29 is 4.79 Å². The van der Waals surface area contributed by atoms with E-state index in [2.05, 4.69) is 33.8 Å². The van der Waals surface area contributed by atoms with Crippen molar-refractivity contribution in [1.82, 2.24) is 9.80 Å². The van der Waals surface area contributed by atoms with E-state index in [1.165, 1.54) is 38.2 Å². The number of ketones is 1. The Bertz CT molecular complexity index is 512. The van der Waals surface area contributed by atoms with Gasteiger partial charge in [0, 0.05) is 43.5 Å². The maximum atomic E-state index is 11.4. The number of carbonyl (C=O) groups excluding carboxylic acids is 1. The lowest BCUT2D eigenvalue weighted by Crippen LogP contribution is -2.53. The van der Waals surface area contributed by atoms with Gasteiger partial charge in [0.05, 0.1) is 0 Å². The van der Waals surface area contributed by atoms with E-state index in [9.17, 15) is 4.79 Å². The van der Waals surface area contributed by atoms with Crippen molar-refractivity contribution in [2.75, 3.05) is 50.7 Å². The van der Waals surface area contributed by atoms with Crippen molar-refractivity contribution >= 4 is 11.5 Å². The van der Waals surface area contributed by atoms with E-state index in [-0.39, 0.29) is 5.78 Å². The largest absolute Gasteiger partial charge is 0.369 e. The standard InChI is InChI=1S/C19H29N3O/c1-3-20-10-8-19(9-11-20)22-14-12-21(13-15-22)18-6-4-17(5-7-18)16(2)23/h4-7,19H,3,8-15H2,1-2H3. The van der Waals surface area contributed by atoms with Gasteiger partial charge in [-0.3, -0.25) is 9.69 Å². The van der Waals surface area contributed by atoms with E-state index in [4.69, 9.17) is 0 Å². The fraction of sp³-hybridized carbons (Fsp3) is 0.632. The van der Waals surface area contributed by atoms with Gasteiger partial charge in [-0.2, -0.15) is 0 Å². The molecule has 0 bridgehead atoms. The molecule has 0 aliphatic carbocycles. The third kappa shape index (κ3) is 3.93. The molecule has 4 heteroatoms. The quantitative estimate of drug-likeness (QED) is 0.798. The number of carbonyl (C=O) groups is 1. The summed E-state index contributed by atoms with van der Waals surface area (Å²) >= 11 is 0. The first-order valence-electron chi connectivity index (χ1n) is 8.99. The molecule has 0 aromatic heterocycles. The summed E-state index contributed by atoms with van der Waals surface area (Å²) in [5.41, 5.74) is 2.05. The lowest BCUT2D eigenvalue weighted by molar-refractivity contribution is 0.101. The van der Waals surface area contributed by atoms with Gasteiger partial charge in [0.1, 0.15) is 0 Å². The molecule has 0 saturated carbocycles. The Morgan fingerprint density at radius 3 is 2.13 bits per heavy atom. The lowest BCUT2D eigenvalue weighted by Gasteiger charge is -2.43. The van der Waals surface area contributed by atoms with Crippen molar-refractivity contribution in [3.8, 4) is 0 Å². The van der Waals surface area contributed by atoms with Crippen molar-refractivity contribution in [1.29, 1.82) is 0 Å². The molecule has 0 radical (unpaired) electrons. The van der Waals surface area contributed by atoms with Gasteiger partial charge in [0.15, 0.2) is 5.78 Å². The molecule has 126 valence electrons. The molecule has 1 aromatic rings. The zero-order valence-corrected chi connectivity index (χ0v) is 14.5. The Hall–Kier alpha value is -1.39. The Morgan fingerprint density at radius 1 is 1.00 bits per heavy atom. The van der Waals surface area contributed by atoms with Crippen LogP contribution < -0.4 is 4.90 Å². The molecule has 0 unspecified atom stereocenters. The van der Waals surface area contributed by atoms with Crippen LogP contribution in [0.5, 0.6) is 0 Å². The van der Waals surface area contributed by atoms with Gasteiger partial charge in [-0.05, 0) is 63.7 Å². The number of benzene rings is 1. The summed E-state index contributed by atoms with van der Waals surface area (Å²) in [6.07, 6.45) is 2.64.